The lowest BCUT2D eigenvalue weighted by atomic mass is 10.1. The standard InChI is InChI=1S/C18H18ClNO3S/c1-12-14-6-3-7-15(19)17(14)23-16(12)18(21)20(8-9-22-2)11-13-5-4-10-24-13/h3-7,10H,8-9,11H2,1-2H3. The van der Waals surface area contributed by atoms with Crippen LogP contribution < -0.4 is 0 Å². The third-order valence-corrected chi connectivity index (χ3v) is 5.05. The molecule has 3 rings (SSSR count). The number of benzene rings is 1. The first-order valence-corrected chi connectivity index (χ1v) is 8.85. The third-order valence-electron chi connectivity index (χ3n) is 3.89. The van der Waals surface area contributed by atoms with Crippen LogP contribution in [0.15, 0.2) is 40.1 Å². The maximum Gasteiger partial charge on any atom is 0.290 e. The van der Waals surface area contributed by atoms with E-state index >= 15 is 0 Å². The van der Waals surface area contributed by atoms with Crippen LogP contribution in [-0.4, -0.2) is 31.1 Å². The number of methoxy groups -OCH3 is 1. The van der Waals surface area contributed by atoms with Crippen molar-refractivity contribution in [2.45, 2.75) is 13.5 Å². The van der Waals surface area contributed by atoms with Gasteiger partial charge in [0.25, 0.3) is 5.91 Å². The number of para-hydroxylation sites is 1. The Morgan fingerprint density at radius 1 is 1.33 bits per heavy atom. The molecule has 0 atom stereocenters. The van der Waals surface area contributed by atoms with E-state index in [-0.39, 0.29) is 5.91 Å². The molecule has 3 aromatic rings. The van der Waals surface area contributed by atoms with Crippen LogP contribution in [0.1, 0.15) is 21.0 Å². The van der Waals surface area contributed by atoms with Gasteiger partial charge in [0, 0.05) is 29.5 Å². The number of aryl methyl sites for hydroxylation is 1. The average molecular weight is 364 g/mol. The zero-order chi connectivity index (χ0) is 17.1. The molecule has 0 aliphatic heterocycles. The highest BCUT2D eigenvalue weighted by molar-refractivity contribution is 7.09. The second kappa shape index (κ2) is 7.38. The van der Waals surface area contributed by atoms with Gasteiger partial charge in [-0.3, -0.25) is 4.79 Å². The fraction of sp³-hybridized carbons (Fsp3) is 0.278. The van der Waals surface area contributed by atoms with Gasteiger partial charge in [-0.05, 0) is 24.4 Å². The quantitative estimate of drug-likeness (QED) is 0.635. The Morgan fingerprint density at radius 2 is 2.17 bits per heavy atom. The molecule has 0 saturated heterocycles. The average Bonchev–Trinajstić information content (AvgIpc) is 3.20. The molecule has 1 aromatic carbocycles. The van der Waals surface area contributed by atoms with Gasteiger partial charge < -0.3 is 14.1 Å². The summed E-state index contributed by atoms with van der Waals surface area (Å²) >= 11 is 7.81. The SMILES string of the molecule is COCCN(Cc1cccs1)C(=O)c1oc2c(Cl)cccc2c1C. The lowest BCUT2D eigenvalue weighted by molar-refractivity contribution is 0.0652. The molecule has 6 heteroatoms. The van der Waals surface area contributed by atoms with Gasteiger partial charge >= 0.3 is 0 Å². The zero-order valence-corrected chi connectivity index (χ0v) is 15.1. The Bertz CT molecular complexity index is 841. The molecule has 24 heavy (non-hydrogen) atoms. The Labute approximate surface area is 149 Å². The van der Waals surface area contributed by atoms with Gasteiger partial charge in [-0.15, -0.1) is 11.3 Å². The molecule has 0 bridgehead atoms. The summed E-state index contributed by atoms with van der Waals surface area (Å²) in [6.07, 6.45) is 0. The van der Waals surface area contributed by atoms with E-state index < -0.39 is 0 Å². The number of amides is 1. The van der Waals surface area contributed by atoms with E-state index in [1.165, 1.54) is 0 Å². The van der Waals surface area contributed by atoms with Crippen molar-refractivity contribution in [1.82, 2.24) is 4.90 Å². The number of rotatable bonds is 6. The van der Waals surface area contributed by atoms with Crippen LogP contribution in [0, 0.1) is 6.92 Å². The van der Waals surface area contributed by atoms with Gasteiger partial charge in [0.1, 0.15) is 0 Å². The number of carbonyl (C=O) groups excluding carboxylic acids is 1. The van der Waals surface area contributed by atoms with Crippen molar-refractivity contribution in [2.24, 2.45) is 0 Å². The molecule has 126 valence electrons. The molecular formula is C18H18ClNO3S. The van der Waals surface area contributed by atoms with Crippen LogP contribution >= 0.6 is 22.9 Å². The van der Waals surface area contributed by atoms with Crippen molar-refractivity contribution >= 4 is 39.8 Å². The normalized spacial score (nSPS) is 11.1. The zero-order valence-electron chi connectivity index (χ0n) is 13.5. The molecule has 1 amide bonds. The van der Waals surface area contributed by atoms with Gasteiger partial charge in [0.05, 0.1) is 18.2 Å². The molecule has 0 unspecified atom stereocenters. The molecule has 0 radical (unpaired) electrons. The molecule has 2 aromatic heterocycles. The number of hydrogen-bond donors (Lipinski definition) is 0. The summed E-state index contributed by atoms with van der Waals surface area (Å²) < 4.78 is 11.0. The first-order chi connectivity index (χ1) is 11.6. The predicted octanol–water partition coefficient (Wildman–Crippen LogP) is 4.74. The van der Waals surface area contributed by atoms with Crippen molar-refractivity contribution in [3.05, 3.63) is 56.9 Å². The fourth-order valence-corrected chi connectivity index (χ4v) is 3.53. The van der Waals surface area contributed by atoms with E-state index in [0.29, 0.717) is 36.1 Å². The molecule has 4 nitrogen and oxygen atoms in total. The third kappa shape index (κ3) is 3.34. The summed E-state index contributed by atoms with van der Waals surface area (Å²) in [6, 6.07) is 9.52. The van der Waals surface area contributed by atoms with Crippen LogP contribution in [0.5, 0.6) is 0 Å². The molecule has 0 fully saturated rings. The maximum absolute atomic E-state index is 13.0. The second-order valence-electron chi connectivity index (χ2n) is 5.47. The second-order valence-corrected chi connectivity index (χ2v) is 6.91. The number of ether oxygens (including phenoxy) is 1. The highest BCUT2D eigenvalue weighted by Gasteiger charge is 2.24. The summed E-state index contributed by atoms with van der Waals surface area (Å²) in [6.45, 7) is 3.38. The van der Waals surface area contributed by atoms with Crippen molar-refractivity contribution in [3.63, 3.8) is 0 Å². The fourth-order valence-electron chi connectivity index (χ4n) is 2.60. The van der Waals surface area contributed by atoms with Crippen molar-refractivity contribution in [3.8, 4) is 0 Å². The first-order valence-electron chi connectivity index (χ1n) is 7.60. The summed E-state index contributed by atoms with van der Waals surface area (Å²) in [5.74, 6) is 0.191. The van der Waals surface area contributed by atoms with Crippen molar-refractivity contribution < 1.29 is 13.9 Å². The number of hydrogen-bond acceptors (Lipinski definition) is 4. The van der Waals surface area contributed by atoms with Gasteiger partial charge in [-0.25, -0.2) is 0 Å². The van der Waals surface area contributed by atoms with E-state index in [9.17, 15) is 4.79 Å². The van der Waals surface area contributed by atoms with Crippen molar-refractivity contribution in [1.29, 1.82) is 0 Å². The first kappa shape index (κ1) is 17.0. The van der Waals surface area contributed by atoms with Crippen molar-refractivity contribution in [2.75, 3.05) is 20.3 Å². The molecule has 2 heterocycles. The predicted molar refractivity (Wildman–Crippen MR) is 96.9 cm³/mol. The van der Waals surface area contributed by atoms with Crippen LogP contribution in [0.4, 0.5) is 0 Å². The monoisotopic (exact) mass is 363 g/mol. The summed E-state index contributed by atoms with van der Waals surface area (Å²) in [5, 5.41) is 3.38. The minimum absolute atomic E-state index is 0.148. The number of halogens is 1. The number of thiophene rings is 1. The van der Waals surface area contributed by atoms with Gasteiger partial charge in [-0.2, -0.15) is 0 Å². The Morgan fingerprint density at radius 3 is 2.83 bits per heavy atom. The maximum atomic E-state index is 13.0. The minimum atomic E-state index is -0.148. The number of furan rings is 1. The Hall–Kier alpha value is -1.82. The summed E-state index contributed by atoms with van der Waals surface area (Å²) in [5.41, 5.74) is 1.37. The van der Waals surface area contributed by atoms with E-state index in [2.05, 4.69) is 0 Å². The molecule has 0 saturated carbocycles. The van der Waals surface area contributed by atoms with Crippen LogP contribution in [0.3, 0.4) is 0 Å². The smallest absolute Gasteiger partial charge is 0.290 e. The number of nitrogens with zero attached hydrogens (tertiary/aromatic N) is 1. The van der Waals surface area contributed by atoms with Gasteiger partial charge in [-0.1, -0.05) is 29.8 Å². The minimum Gasteiger partial charge on any atom is -0.449 e. The Kier molecular flexibility index (Phi) is 5.23. The molecule has 0 spiro atoms. The van der Waals surface area contributed by atoms with Crippen LogP contribution in [0.2, 0.25) is 5.02 Å². The molecule has 0 aliphatic rings. The van der Waals surface area contributed by atoms with Crippen LogP contribution in [-0.2, 0) is 11.3 Å². The topological polar surface area (TPSA) is 42.7 Å². The van der Waals surface area contributed by atoms with E-state index in [1.54, 1.807) is 29.4 Å². The van der Waals surface area contributed by atoms with E-state index in [0.717, 1.165) is 15.8 Å². The largest absolute Gasteiger partial charge is 0.449 e. The number of carbonyl (C=O) groups is 1. The van der Waals surface area contributed by atoms with Gasteiger partial charge in [0.15, 0.2) is 11.3 Å². The van der Waals surface area contributed by atoms with E-state index in [4.69, 9.17) is 20.8 Å². The molecule has 0 aliphatic carbocycles. The summed E-state index contributed by atoms with van der Waals surface area (Å²) in [7, 11) is 1.63. The highest BCUT2D eigenvalue weighted by Crippen LogP contribution is 2.31. The lowest BCUT2D eigenvalue weighted by Crippen LogP contribution is -2.33. The van der Waals surface area contributed by atoms with E-state index in [1.807, 2.05) is 36.6 Å². The molecule has 0 N–H and O–H groups in total. The molecular weight excluding hydrogens is 346 g/mol. The summed E-state index contributed by atoms with van der Waals surface area (Å²) in [4.78, 5) is 15.9. The Balaban J connectivity index is 1.94. The highest BCUT2D eigenvalue weighted by atomic mass is 35.5. The lowest BCUT2D eigenvalue weighted by Gasteiger charge is -2.21. The number of fused-ring (bicyclic) bond motifs is 1. The van der Waals surface area contributed by atoms with Crippen LogP contribution in [0.25, 0.3) is 11.0 Å². The van der Waals surface area contributed by atoms with Gasteiger partial charge in [0.2, 0.25) is 0 Å².